The smallest absolute Gasteiger partial charge is 0.407 e. The van der Waals surface area contributed by atoms with Crippen LogP contribution < -0.4 is 10.1 Å². The summed E-state index contributed by atoms with van der Waals surface area (Å²) in [5, 5.41) is 17.3. The average molecular weight is 476 g/mol. The molecule has 1 aliphatic carbocycles. The molecule has 11 heteroatoms. The Balaban J connectivity index is 1.30. The lowest BCUT2D eigenvalue weighted by Gasteiger charge is -2.12. The van der Waals surface area contributed by atoms with Gasteiger partial charge in [0.2, 0.25) is 5.88 Å². The maximum Gasteiger partial charge on any atom is 0.407 e. The number of amides is 2. The molecule has 180 valence electrons. The van der Waals surface area contributed by atoms with E-state index >= 15 is 0 Å². The van der Waals surface area contributed by atoms with E-state index in [9.17, 15) is 9.59 Å². The van der Waals surface area contributed by atoms with Crippen molar-refractivity contribution < 1.29 is 19.4 Å². The van der Waals surface area contributed by atoms with Crippen molar-refractivity contribution in [1.29, 1.82) is 0 Å². The van der Waals surface area contributed by atoms with Gasteiger partial charge >= 0.3 is 12.1 Å². The van der Waals surface area contributed by atoms with E-state index < -0.39 is 6.09 Å². The predicted molar refractivity (Wildman–Crippen MR) is 128 cm³/mol. The molecule has 0 atom stereocenters. The fraction of sp³-hybridized carbons (Fsp3) is 0.292. The van der Waals surface area contributed by atoms with Gasteiger partial charge in [0.25, 0.3) is 0 Å². The highest BCUT2D eigenvalue weighted by molar-refractivity contribution is 5.98. The van der Waals surface area contributed by atoms with Crippen molar-refractivity contribution >= 4 is 28.8 Å². The van der Waals surface area contributed by atoms with E-state index in [1.54, 1.807) is 30.5 Å². The molecule has 1 aromatic carbocycles. The quantitative estimate of drug-likeness (QED) is 0.403. The third-order valence-corrected chi connectivity index (χ3v) is 5.83. The molecule has 0 bridgehead atoms. The first-order valence-corrected chi connectivity index (χ1v) is 11.4. The number of nitrogens with one attached hydrogen (secondary N) is 1. The standard InChI is InChI=1S/C24H25N7O4/c1-3-31-19(15-4-5-15)13-20(28-31)27-23(32)30-11-9-16-12-17(6-7-18(16)30)35-22-8-10-25-21(26-22)14-29(2)24(33)34/h6-13,15H,3-5,14H2,1-2H3,(H,33,34)(H,27,28,32). The van der Waals surface area contributed by atoms with Crippen LogP contribution >= 0.6 is 0 Å². The second-order valence-electron chi connectivity index (χ2n) is 8.43. The molecule has 0 aliphatic heterocycles. The van der Waals surface area contributed by atoms with Gasteiger partial charge in [-0.2, -0.15) is 10.1 Å². The summed E-state index contributed by atoms with van der Waals surface area (Å²) in [6.45, 7) is 2.85. The number of ether oxygens (including phenoxy) is 1. The number of carbonyl (C=O) groups is 2. The minimum atomic E-state index is -1.07. The first-order chi connectivity index (χ1) is 16.9. The summed E-state index contributed by atoms with van der Waals surface area (Å²) in [5.41, 5.74) is 1.89. The molecule has 0 radical (unpaired) electrons. The lowest BCUT2D eigenvalue weighted by molar-refractivity contribution is 0.152. The molecule has 1 saturated carbocycles. The van der Waals surface area contributed by atoms with Crippen LogP contribution in [0.3, 0.4) is 0 Å². The Morgan fingerprint density at radius 3 is 2.80 bits per heavy atom. The number of hydrogen-bond donors (Lipinski definition) is 2. The molecule has 2 amide bonds. The molecular weight excluding hydrogens is 450 g/mol. The zero-order chi connectivity index (χ0) is 24.5. The van der Waals surface area contributed by atoms with E-state index in [2.05, 4.69) is 20.4 Å². The summed E-state index contributed by atoms with van der Waals surface area (Å²) in [6, 6.07) is 10.4. The second-order valence-corrected chi connectivity index (χ2v) is 8.43. The predicted octanol–water partition coefficient (Wildman–Crippen LogP) is 4.51. The molecule has 0 saturated heterocycles. The van der Waals surface area contributed by atoms with E-state index in [-0.39, 0.29) is 12.6 Å². The van der Waals surface area contributed by atoms with Crippen molar-refractivity contribution in [2.75, 3.05) is 12.4 Å². The molecule has 4 aromatic rings. The molecular formula is C24H25N7O4. The fourth-order valence-electron chi connectivity index (χ4n) is 3.90. The van der Waals surface area contributed by atoms with E-state index in [0.29, 0.717) is 29.2 Å². The van der Waals surface area contributed by atoms with Gasteiger partial charge < -0.3 is 14.7 Å². The van der Waals surface area contributed by atoms with Crippen LogP contribution in [-0.4, -0.2) is 53.5 Å². The number of carbonyl (C=O) groups excluding carboxylic acids is 1. The van der Waals surface area contributed by atoms with Crippen molar-refractivity contribution in [2.24, 2.45) is 0 Å². The van der Waals surface area contributed by atoms with Crippen molar-refractivity contribution in [1.82, 2.24) is 29.2 Å². The maximum absolute atomic E-state index is 12.9. The Labute approximate surface area is 201 Å². The summed E-state index contributed by atoms with van der Waals surface area (Å²) in [5.74, 6) is 2.24. The van der Waals surface area contributed by atoms with Gasteiger partial charge in [0.15, 0.2) is 11.6 Å². The van der Waals surface area contributed by atoms with Crippen molar-refractivity contribution in [3.05, 3.63) is 60.3 Å². The molecule has 35 heavy (non-hydrogen) atoms. The van der Waals surface area contributed by atoms with Crippen LogP contribution in [0, 0.1) is 0 Å². The molecule has 3 aromatic heterocycles. The largest absolute Gasteiger partial charge is 0.465 e. The molecule has 1 fully saturated rings. The van der Waals surface area contributed by atoms with Gasteiger partial charge in [-0.25, -0.2) is 14.6 Å². The third kappa shape index (κ3) is 4.79. The van der Waals surface area contributed by atoms with Crippen molar-refractivity contribution in [3.63, 3.8) is 0 Å². The number of aromatic nitrogens is 5. The van der Waals surface area contributed by atoms with Gasteiger partial charge in [0, 0.05) is 55.1 Å². The highest BCUT2D eigenvalue weighted by atomic mass is 16.5. The molecule has 0 unspecified atom stereocenters. The summed E-state index contributed by atoms with van der Waals surface area (Å²) >= 11 is 0. The van der Waals surface area contributed by atoms with Crippen LogP contribution in [0.2, 0.25) is 0 Å². The molecule has 3 heterocycles. The van der Waals surface area contributed by atoms with Crippen LogP contribution in [0.25, 0.3) is 10.9 Å². The Hall–Kier alpha value is -4.41. The first-order valence-electron chi connectivity index (χ1n) is 11.4. The van der Waals surface area contributed by atoms with Gasteiger partial charge in [0.1, 0.15) is 5.75 Å². The van der Waals surface area contributed by atoms with Crippen LogP contribution in [0.1, 0.15) is 37.2 Å². The van der Waals surface area contributed by atoms with Crippen molar-refractivity contribution in [2.45, 2.75) is 38.8 Å². The number of rotatable bonds is 7. The number of nitrogens with zero attached hydrogens (tertiary/aromatic N) is 6. The Morgan fingerprint density at radius 2 is 2.06 bits per heavy atom. The van der Waals surface area contributed by atoms with Gasteiger partial charge in [-0.15, -0.1) is 0 Å². The zero-order valence-electron chi connectivity index (χ0n) is 19.4. The van der Waals surface area contributed by atoms with E-state index in [0.717, 1.165) is 22.3 Å². The second kappa shape index (κ2) is 9.09. The molecule has 11 nitrogen and oxygen atoms in total. The SMILES string of the molecule is CCn1nc(NC(=O)n2ccc3cc(Oc4ccnc(CN(C)C(=O)O)n4)ccc32)cc1C1CC1. The number of anilines is 1. The van der Waals surface area contributed by atoms with E-state index in [4.69, 9.17) is 9.84 Å². The van der Waals surface area contributed by atoms with Crippen LogP contribution in [0.5, 0.6) is 11.6 Å². The highest BCUT2D eigenvalue weighted by Gasteiger charge is 2.28. The Kier molecular flexibility index (Phi) is 5.81. The van der Waals surface area contributed by atoms with Crippen LogP contribution in [-0.2, 0) is 13.1 Å². The Bertz CT molecular complexity index is 1410. The first kappa shape index (κ1) is 22.4. The van der Waals surface area contributed by atoms with Crippen molar-refractivity contribution in [3.8, 4) is 11.6 Å². The molecule has 2 N–H and O–H groups in total. The number of fused-ring (bicyclic) bond motifs is 1. The Morgan fingerprint density at radius 1 is 1.23 bits per heavy atom. The van der Waals surface area contributed by atoms with Crippen LogP contribution in [0.4, 0.5) is 15.4 Å². The summed E-state index contributed by atoms with van der Waals surface area (Å²) in [7, 11) is 1.44. The average Bonchev–Trinajstić information content (AvgIpc) is 3.46. The van der Waals surface area contributed by atoms with Gasteiger partial charge in [-0.05, 0) is 44.0 Å². The summed E-state index contributed by atoms with van der Waals surface area (Å²) in [6.07, 6.45) is 4.48. The molecule has 5 rings (SSSR count). The third-order valence-electron chi connectivity index (χ3n) is 5.83. The topological polar surface area (TPSA) is 127 Å². The number of benzene rings is 1. The monoisotopic (exact) mass is 475 g/mol. The fourth-order valence-corrected chi connectivity index (χ4v) is 3.90. The number of aryl methyl sites for hydroxylation is 1. The summed E-state index contributed by atoms with van der Waals surface area (Å²) < 4.78 is 9.33. The zero-order valence-corrected chi connectivity index (χ0v) is 19.4. The molecule has 1 aliphatic rings. The highest BCUT2D eigenvalue weighted by Crippen LogP contribution is 2.40. The number of carboxylic acid groups (broad SMARTS) is 1. The number of hydrogen-bond acceptors (Lipinski definition) is 6. The molecule has 0 spiro atoms. The lowest BCUT2D eigenvalue weighted by Crippen LogP contribution is -2.25. The van der Waals surface area contributed by atoms with Gasteiger partial charge in [0.05, 0.1) is 12.1 Å². The summed E-state index contributed by atoms with van der Waals surface area (Å²) in [4.78, 5) is 33.4. The van der Waals surface area contributed by atoms with Gasteiger partial charge in [-0.3, -0.25) is 14.6 Å². The minimum Gasteiger partial charge on any atom is -0.465 e. The maximum atomic E-state index is 12.9. The lowest BCUT2D eigenvalue weighted by atomic mass is 10.2. The van der Waals surface area contributed by atoms with Gasteiger partial charge in [-0.1, -0.05) is 0 Å². The normalized spacial score (nSPS) is 13.1. The van der Waals surface area contributed by atoms with E-state index in [1.165, 1.54) is 36.3 Å². The minimum absolute atomic E-state index is 0.0438. The van der Waals surface area contributed by atoms with E-state index in [1.807, 2.05) is 23.7 Å². The van der Waals surface area contributed by atoms with Crippen LogP contribution in [0.15, 0.2) is 48.8 Å².